The van der Waals surface area contributed by atoms with Crippen molar-refractivity contribution in [1.82, 2.24) is 9.88 Å². The molecular weight excluding hydrogens is 484 g/mol. The van der Waals surface area contributed by atoms with Gasteiger partial charge in [0.05, 0.1) is 33.0 Å². The number of esters is 1. The standard InChI is InChI=1S/C23H23ClN2O5S2/c1-4-31-23(28)16-11-26(10-9-15-14-7-5-6-8-17(14)25-20(15)16)22(27)21-19(24)18(12-32-21)33(29,30)13(2)3/h5-8,11-13,25H,4,9-10H2,1-3H3. The first-order valence-corrected chi connectivity index (χ1v) is 13.3. The van der Waals surface area contributed by atoms with E-state index in [4.69, 9.17) is 16.3 Å². The Balaban J connectivity index is 1.78. The van der Waals surface area contributed by atoms with Crippen molar-refractivity contribution in [2.24, 2.45) is 0 Å². The molecule has 1 aromatic carbocycles. The van der Waals surface area contributed by atoms with Crippen LogP contribution in [-0.2, 0) is 25.8 Å². The first kappa shape index (κ1) is 23.5. The zero-order chi connectivity index (χ0) is 23.9. The number of nitrogens with one attached hydrogen (secondary N) is 1. The van der Waals surface area contributed by atoms with Gasteiger partial charge in [-0.05, 0) is 38.8 Å². The highest BCUT2D eigenvalue weighted by Crippen LogP contribution is 2.36. The molecule has 3 heterocycles. The van der Waals surface area contributed by atoms with Crippen LogP contribution in [0.1, 0.15) is 41.7 Å². The van der Waals surface area contributed by atoms with E-state index in [9.17, 15) is 18.0 Å². The Kier molecular flexibility index (Phi) is 6.39. The van der Waals surface area contributed by atoms with E-state index in [1.54, 1.807) is 20.8 Å². The molecular formula is C23H23ClN2O5S2. The van der Waals surface area contributed by atoms with Crippen LogP contribution in [0.15, 0.2) is 40.7 Å². The third kappa shape index (κ3) is 4.09. The maximum Gasteiger partial charge on any atom is 0.341 e. The fourth-order valence-corrected chi connectivity index (χ4v) is 6.81. The van der Waals surface area contributed by atoms with Gasteiger partial charge in [-0.3, -0.25) is 4.79 Å². The molecule has 0 saturated heterocycles. The van der Waals surface area contributed by atoms with Gasteiger partial charge in [0.15, 0.2) is 9.84 Å². The lowest BCUT2D eigenvalue weighted by Gasteiger charge is -2.17. The van der Waals surface area contributed by atoms with Crippen LogP contribution in [0.2, 0.25) is 5.02 Å². The van der Waals surface area contributed by atoms with Crippen LogP contribution in [0, 0.1) is 0 Å². The largest absolute Gasteiger partial charge is 0.462 e. The van der Waals surface area contributed by atoms with Crippen molar-refractivity contribution < 1.29 is 22.7 Å². The van der Waals surface area contributed by atoms with Crippen LogP contribution in [0.4, 0.5) is 0 Å². The molecule has 3 aromatic rings. The maximum atomic E-state index is 13.4. The number of sulfone groups is 1. The van der Waals surface area contributed by atoms with Gasteiger partial charge in [-0.2, -0.15) is 0 Å². The molecule has 0 bridgehead atoms. The minimum Gasteiger partial charge on any atom is -0.462 e. The second-order valence-corrected chi connectivity index (χ2v) is 11.6. The Labute approximate surface area is 200 Å². The summed E-state index contributed by atoms with van der Waals surface area (Å²) in [5, 5.41) is 1.61. The van der Waals surface area contributed by atoms with Crippen molar-refractivity contribution in [2.75, 3.05) is 13.2 Å². The highest BCUT2D eigenvalue weighted by molar-refractivity contribution is 7.92. The fraction of sp³-hybridized carbons (Fsp3) is 0.304. The molecule has 0 radical (unpaired) electrons. The number of para-hydroxylation sites is 1. The van der Waals surface area contributed by atoms with E-state index in [1.807, 2.05) is 24.3 Å². The van der Waals surface area contributed by atoms with Gasteiger partial charge in [-0.1, -0.05) is 29.8 Å². The van der Waals surface area contributed by atoms with Crippen molar-refractivity contribution in [2.45, 2.75) is 37.3 Å². The number of nitrogens with zero attached hydrogens (tertiary/aromatic N) is 1. The molecule has 7 nitrogen and oxygen atoms in total. The van der Waals surface area contributed by atoms with Crippen LogP contribution < -0.4 is 0 Å². The lowest BCUT2D eigenvalue weighted by Crippen LogP contribution is -2.27. The first-order valence-electron chi connectivity index (χ1n) is 10.5. The fourth-order valence-electron chi connectivity index (χ4n) is 3.78. The predicted octanol–water partition coefficient (Wildman–Crippen LogP) is 4.67. The van der Waals surface area contributed by atoms with Gasteiger partial charge in [-0.15, -0.1) is 11.3 Å². The van der Waals surface area contributed by atoms with Crippen molar-refractivity contribution in [1.29, 1.82) is 0 Å². The van der Waals surface area contributed by atoms with Gasteiger partial charge < -0.3 is 14.6 Å². The van der Waals surface area contributed by atoms with Gasteiger partial charge in [0.1, 0.15) is 4.88 Å². The lowest BCUT2D eigenvalue weighted by atomic mass is 10.0. The molecule has 10 heteroatoms. The quantitative estimate of drug-likeness (QED) is 0.507. The van der Waals surface area contributed by atoms with Crippen molar-refractivity contribution in [3.05, 3.63) is 57.0 Å². The first-order chi connectivity index (χ1) is 15.7. The summed E-state index contributed by atoms with van der Waals surface area (Å²) in [6.07, 6.45) is 1.96. The maximum absolute atomic E-state index is 13.4. The number of aromatic nitrogens is 1. The Morgan fingerprint density at radius 2 is 2.00 bits per heavy atom. The Hall–Kier alpha value is -2.62. The molecule has 0 fully saturated rings. The van der Waals surface area contributed by atoms with Crippen LogP contribution >= 0.6 is 22.9 Å². The van der Waals surface area contributed by atoms with Gasteiger partial charge in [0, 0.05) is 29.0 Å². The summed E-state index contributed by atoms with van der Waals surface area (Å²) in [4.78, 5) is 31.0. The second kappa shape index (κ2) is 8.96. The Bertz CT molecular complexity index is 1380. The molecule has 1 aliphatic rings. The predicted molar refractivity (Wildman–Crippen MR) is 129 cm³/mol. The monoisotopic (exact) mass is 506 g/mol. The van der Waals surface area contributed by atoms with E-state index in [2.05, 4.69) is 4.98 Å². The number of hydrogen-bond donors (Lipinski definition) is 1. The van der Waals surface area contributed by atoms with E-state index in [-0.39, 0.29) is 33.5 Å². The Morgan fingerprint density at radius 3 is 2.70 bits per heavy atom. The normalized spacial score (nSPS) is 14.2. The molecule has 0 atom stereocenters. The van der Waals surface area contributed by atoms with Crippen molar-refractivity contribution >= 4 is 61.1 Å². The van der Waals surface area contributed by atoms with Gasteiger partial charge in [0.25, 0.3) is 5.91 Å². The summed E-state index contributed by atoms with van der Waals surface area (Å²) >= 11 is 7.35. The summed E-state index contributed by atoms with van der Waals surface area (Å²) in [6, 6.07) is 7.71. The van der Waals surface area contributed by atoms with Crippen LogP contribution in [-0.4, -0.2) is 48.6 Å². The number of aromatic amines is 1. The number of halogens is 1. The number of thiophene rings is 1. The molecule has 4 rings (SSSR count). The van der Waals surface area contributed by atoms with E-state index in [1.165, 1.54) is 16.5 Å². The van der Waals surface area contributed by atoms with E-state index in [0.29, 0.717) is 12.1 Å². The average molecular weight is 507 g/mol. The zero-order valence-corrected chi connectivity index (χ0v) is 20.7. The number of fused-ring (bicyclic) bond motifs is 3. The highest BCUT2D eigenvalue weighted by atomic mass is 35.5. The second-order valence-electron chi connectivity index (χ2n) is 7.87. The topological polar surface area (TPSA) is 96.5 Å². The minimum atomic E-state index is -3.64. The molecule has 174 valence electrons. The number of amides is 1. The molecule has 1 aliphatic heterocycles. The van der Waals surface area contributed by atoms with Gasteiger partial charge in [-0.25, -0.2) is 13.2 Å². The van der Waals surface area contributed by atoms with Crippen LogP contribution in [0.5, 0.6) is 0 Å². The van der Waals surface area contributed by atoms with E-state index < -0.39 is 27.0 Å². The molecule has 0 unspecified atom stereocenters. The van der Waals surface area contributed by atoms with Crippen molar-refractivity contribution in [3.63, 3.8) is 0 Å². The van der Waals surface area contributed by atoms with E-state index in [0.717, 1.165) is 27.8 Å². The molecule has 33 heavy (non-hydrogen) atoms. The third-order valence-electron chi connectivity index (χ3n) is 5.55. The molecule has 0 aliphatic carbocycles. The summed E-state index contributed by atoms with van der Waals surface area (Å²) in [5.41, 5.74) is 2.66. The summed E-state index contributed by atoms with van der Waals surface area (Å²) in [5.74, 6) is -1.02. The lowest BCUT2D eigenvalue weighted by molar-refractivity contribution is -0.136. The summed E-state index contributed by atoms with van der Waals surface area (Å²) in [7, 11) is -3.64. The molecule has 0 spiro atoms. The highest BCUT2D eigenvalue weighted by Gasteiger charge is 2.32. The SMILES string of the molecule is CCOC(=O)C1=CN(C(=O)c2scc(S(=O)(=O)C(C)C)c2Cl)CCc2c1[nH]c1ccccc21. The smallest absolute Gasteiger partial charge is 0.341 e. The summed E-state index contributed by atoms with van der Waals surface area (Å²) in [6.45, 7) is 5.31. The van der Waals surface area contributed by atoms with Crippen molar-refractivity contribution in [3.8, 4) is 0 Å². The number of rotatable bonds is 5. The zero-order valence-electron chi connectivity index (χ0n) is 18.3. The molecule has 1 amide bonds. The van der Waals surface area contributed by atoms with Crippen LogP contribution in [0.3, 0.4) is 0 Å². The van der Waals surface area contributed by atoms with Crippen LogP contribution in [0.25, 0.3) is 16.5 Å². The minimum absolute atomic E-state index is 0.0480. The van der Waals surface area contributed by atoms with E-state index >= 15 is 0 Å². The molecule has 0 saturated carbocycles. The van der Waals surface area contributed by atoms with Gasteiger partial charge >= 0.3 is 5.97 Å². The molecule has 2 aromatic heterocycles. The number of carbonyl (C=O) groups excluding carboxylic acids is 2. The number of hydrogen-bond acceptors (Lipinski definition) is 6. The summed E-state index contributed by atoms with van der Waals surface area (Å²) < 4.78 is 30.4. The molecule has 1 N–H and O–H groups in total. The average Bonchev–Trinajstić information content (AvgIpc) is 3.28. The third-order valence-corrected chi connectivity index (χ3v) is 9.46. The Morgan fingerprint density at radius 1 is 1.27 bits per heavy atom. The number of H-pyrrole nitrogens is 1. The number of carbonyl (C=O) groups is 2. The number of benzene rings is 1. The number of ether oxygens (including phenoxy) is 1. The van der Waals surface area contributed by atoms with Gasteiger partial charge in [0.2, 0.25) is 0 Å².